The molecule has 10 heteroatoms. The SMILES string of the molecule is O=C(COC(=O)CN1CCCCCC1=O)NNC(=O)COc1ccc(Cl)cc1. The number of rotatable bonds is 7. The molecule has 1 aromatic rings. The van der Waals surface area contributed by atoms with Crippen LogP contribution in [-0.4, -0.2) is 54.9 Å². The Balaban J connectivity index is 1.60. The number of amides is 3. The predicted molar refractivity (Wildman–Crippen MR) is 99.2 cm³/mol. The summed E-state index contributed by atoms with van der Waals surface area (Å²) in [7, 11) is 0. The topological polar surface area (TPSA) is 114 Å². The van der Waals surface area contributed by atoms with E-state index in [0.29, 0.717) is 23.7 Å². The predicted octanol–water partition coefficient (Wildman–Crippen LogP) is 0.812. The Hall–Kier alpha value is -2.81. The van der Waals surface area contributed by atoms with Gasteiger partial charge in [0.2, 0.25) is 5.91 Å². The second-order valence-electron chi connectivity index (χ2n) is 6.13. The summed E-state index contributed by atoms with van der Waals surface area (Å²) in [4.78, 5) is 48.3. The van der Waals surface area contributed by atoms with Gasteiger partial charge in [-0.25, -0.2) is 0 Å². The zero-order valence-corrected chi connectivity index (χ0v) is 16.0. The molecule has 0 atom stereocenters. The largest absolute Gasteiger partial charge is 0.484 e. The molecule has 1 aliphatic rings. The van der Waals surface area contributed by atoms with Crippen LogP contribution < -0.4 is 15.6 Å². The van der Waals surface area contributed by atoms with Crippen molar-refractivity contribution in [2.75, 3.05) is 26.3 Å². The Labute approximate surface area is 167 Å². The quantitative estimate of drug-likeness (QED) is 0.507. The Kier molecular flexibility index (Phi) is 8.54. The van der Waals surface area contributed by atoms with Gasteiger partial charge in [0.25, 0.3) is 11.8 Å². The summed E-state index contributed by atoms with van der Waals surface area (Å²) >= 11 is 5.74. The smallest absolute Gasteiger partial charge is 0.326 e. The Morgan fingerprint density at radius 3 is 2.39 bits per heavy atom. The molecule has 0 bridgehead atoms. The number of likely N-dealkylation sites (tertiary alicyclic amines) is 1. The maximum atomic E-state index is 11.8. The fraction of sp³-hybridized carbons (Fsp3) is 0.444. The van der Waals surface area contributed by atoms with Crippen LogP contribution in [0.1, 0.15) is 25.7 Å². The van der Waals surface area contributed by atoms with Crippen LogP contribution in [0.4, 0.5) is 0 Å². The first-order chi connectivity index (χ1) is 13.4. The Morgan fingerprint density at radius 1 is 1.00 bits per heavy atom. The number of carbonyl (C=O) groups is 4. The Morgan fingerprint density at radius 2 is 1.68 bits per heavy atom. The van der Waals surface area contributed by atoms with E-state index in [0.717, 1.165) is 19.3 Å². The number of hydrazine groups is 1. The normalized spacial score (nSPS) is 14.0. The van der Waals surface area contributed by atoms with Crippen molar-refractivity contribution in [2.45, 2.75) is 25.7 Å². The first kappa shape index (κ1) is 21.5. The molecule has 152 valence electrons. The van der Waals surface area contributed by atoms with Crippen molar-refractivity contribution in [1.29, 1.82) is 0 Å². The minimum absolute atomic E-state index is 0.0909. The van der Waals surface area contributed by atoms with E-state index in [1.165, 1.54) is 4.90 Å². The van der Waals surface area contributed by atoms with Crippen LogP contribution in [0.15, 0.2) is 24.3 Å². The van der Waals surface area contributed by atoms with E-state index in [-0.39, 0.29) is 19.1 Å². The molecule has 2 rings (SSSR count). The molecule has 0 spiro atoms. The van der Waals surface area contributed by atoms with Gasteiger partial charge in [-0.15, -0.1) is 0 Å². The van der Waals surface area contributed by atoms with Crippen molar-refractivity contribution in [3.05, 3.63) is 29.3 Å². The Bertz CT molecular complexity index is 710. The lowest BCUT2D eigenvalue weighted by Crippen LogP contribution is -2.46. The molecule has 0 radical (unpaired) electrons. The summed E-state index contributed by atoms with van der Waals surface area (Å²) in [5, 5.41) is 0.541. The minimum Gasteiger partial charge on any atom is -0.484 e. The number of halogens is 1. The third-order valence-corrected chi connectivity index (χ3v) is 4.13. The molecule has 0 aromatic heterocycles. The van der Waals surface area contributed by atoms with Gasteiger partial charge >= 0.3 is 5.97 Å². The molecular formula is C18H22ClN3O6. The number of nitrogens with zero attached hydrogens (tertiary/aromatic N) is 1. The summed E-state index contributed by atoms with van der Waals surface area (Å²) in [5.74, 6) is -1.63. The standard InChI is InChI=1S/C18H22ClN3O6/c19-13-5-7-14(8-6-13)27-11-15(23)20-21-16(24)12-28-18(26)10-22-9-3-1-2-4-17(22)25/h5-8H,1-4,9-12H2,(H,20,23)(H,21,24). The molecular weight excluding hydrogens is 390 g/mol. The average Bonchev–Trinajstić information content (AvgIpc) is 2.88. The lowest BCUT2D eigenvalue weighted by atomic mass is 10.2. The highest BCUT2D eigenvalue weighted by molar-refractivity contribution is 6.30. The fourth-order valence-electron chi connectivity index (χ4n) is 2.44. The van der Waals surface area contributed by atoms with Crippen LogP contribution in [-0.2, 0) is 23.9 Å². The van der Waals surface area contributed by atoms with Gasteiger partial charge in [0.05, 0.1) is 0 Å². The van der Waals surface area contributed by atoms with E-state index in [1.807, 2.05) is 0 Å². The maximum absolute atomic E-state index is 11.8. The number of nitrogens with one attached hydrogen (secondary N) is 2. The highest BCUT2D eigenvalue weighted by Gasteiger charge is 2.20. The number of esters is 1. The molecule has 1 aliphatic heterocycles. The summed E-state index contributed by atoms with van der Waals surface area (Å²) in [6.45, 7) is -0.574. The monoisotopic (exact) mass is 411 g/mol. The first-order valence-corrected chi connectivity index (χ1v) is 9.21. The number of hydrogen-bond donors (Lipinski definition) is 2. The van der Waals surface area contributed by atoms with E-state index in [9.17, 15) is 19.2 Å². The van der Waals surface area contributed by atoms with Crippen molar-refractivity contribution in [3.63, 3.8) is 0 Å². The molecule has 3 amide bonds. The van der Waals surface area contributed by atoms with Gasteiger partial charge in [-0.1, -0.05) is 18.0 Å². The van der Waals surface area contributed by atoms with Crippen LogP contribution in [0.2, 0.25) is 5.02 Å². The number of carbonyl (C=O) groups excluding carboxylic acids is 4. The molecule has 0 unspecified atom stereocenters. The third-order valence-electron chi connectivity index (χ3n) is 3.88. The van der Waals surface area contributed by atoms with Gasteiger partial charge in [-0.05, 0) is 37.1 Å². The van der Waals surface area contributed by atoms with Crippen LogP contribution in [0.5, 0.6) is 5.75 Å². The molecule has 1 saturated heterocycles. The fourth-order valence-corrected chi connectivity index (χ4v) is 2.57. The van der Waals surface area contributed by atoms with Crippen molar-refractivity contribution < 1.29 is 28.7 Å². The first-order valence-electron chi connectivity index (χ1n) is 8.83. The minimum atomic E-state index is -0.713. The zero-order chi connectivity index (χ0) is 20.4. The van der Waals surface area contributed by atoms with Crippen LogP contribution >= 0.6 is 11.6 Å². The van der Waals surface area contributed by atoms with Crippen molar-refractivity contribution in [1.82, 2.24) is 15.8 Å². The summed E-state index contributed by atoms with van der Waals surface area (Å²) in [6.07, 6.45) is 3.01. The zero-order valence-electron chi connectivity index (χ0n) is 15.2. The highest BCUT2D eigenvalue weighted by Crippen LogP contribution is 2.15. The molecule has 0 aliphatic carbocycles. The second kappa shape index (κ2) is 11.1. The summed E-state index contributed by atoms with van der Waals surface area (Å²) in [6, 6.07) is 6.43. The van der Waals surface area contributed by atoms with Crippen LogP contribution in [0, 0.1) is 0 Å². The summed E-state index contributed by atoms with van der Waals surface area (Å²) in [5.41, 5.74) is 4.25. The molecule has 1 fully saturated rings. The van der Waals surface area contributed by atoms with Gasteiger partial charge in [-0.2, -0.15) is 0 Å². The molecule has 1 aromatic carbocycles. The maximum Gasteiger partial charge on any atom is 0.326 e. The lowest BCUT2D eigenvalue weighted by Gasteiger charge is -2.19. The van der Waals surface area contributed by atoms with Crippen molar-refractivity contribution in [2.24, 2.45) is 0 Å². The number of ether oxygens (including phenoxy) is 2. The van der Waals surface area contributed by atoms with Gasteiger partial charge in [0, 0.05) is 18.0 Å². The van der Waals surface area contributed by atoms with E-state index in [4.69, 9.17) is 21.1 Å². The molecule has 1 heterocycles. The van der Waals surface area contributed by atoms with E-state index in [1.54, 1.807) is 24.3 Å². The lowest BCUT2D eigenvalue weighted by molar-refractivity contribution is -0.152. The number of benzene rings is 1. The van der Waals surface area contributed by atoms with E-state index in [2.05, 4.69) is 10.9 Å². The molecule has 2 N–H and O–H groups in total. The molecule has 9 nitrogen and oxygen atoms in total. The summed E-state index contributed by atoms with van der Waals surface area (Å²) < 4.78 is 10.0. The highest BCUT2D eigenvalue weighted by atomic mass is 35.5. The molecule has 28 heavy (non-hydrogen) atoms. The van der Waals surface area contributed by atoms with E-state index < -0.39 is 24.4 Å². The van der Waals surface area contributed by atoms with Gasteiger partial charge in [0.1, 0.15) is 12.3 Å². The van der Waals surface area contributed by atoms with Gasteiger partial charge in [-0.3, -0.25) is 30.0 Å². The van der Waals surface area contributed by atoms with Gasteiger partial charge < -0.3 is 14.4 Å². The van der Waals surface area contributed by atoms with Crippen molar-refractivity contribution in [3.8, 4) is 5.75 Å². The average molecular weight is 412 g/mol. The third kappa shape index (κ3) is 7.83. The second-order valence-corrected chi connectivity index (χ2v) is 6.56. The number of hydrogen-bond acceptors (Lipinski definition) is 6. The van der Waals surface area contributed by atoms with Crippen LogP contribution in [0.25, 0.3) is 0 Å². The van der Waals surface area contributed by atoms with Crippen molar-refractivity contribution >= 4 is 35.3 Å². The van der Waals surface area contributed by atoms with E-state index >= 15 is 0 Å². The van der Waals surface area contributed by atoms with Gasteiger partial charge in [0.15, 0.2) is 13.2 Å². The van der Waals surface area contributed by atoms with Crippen LogP contribution in [0.3, 0.4) is 0 Å². The molecule has 0 saturated carbocycles.